The Hall–Kier alpha value is -1.83. The zero-order valence-electron chi connectivity index (χ0n) is 12.8. The number of nitrogens with zero attached hydrogens (tertiary/aromatic N) is 3. The van der Waals surface area contributed by atoms with Gasteiger partial charge in [0.25, 0.3) is 0 Å². The summed E-state index contributed by atoms with van der Waals surface area (Å²) in [5.41, 5.74) is 7.24. The maximum absolute atomic E-state index is 13.3. The highest BCUT2D eigenvalue weighted by Gasteiger charge is 2.28. The van der Waals surface area contributed by atoms with Gasteiger partial charge in [-0.3, -0.25) is 4.68 Å². The number of aryl methyl sites for hydroxylation is 1. The molecule has 23 heavy (non-hydrogen) atoms. The third-order valence-corrected chi connectivity index (χ3v) is 4.19. The van der Waals surface area contributed by atoms with Crippen molar-refractivity contribution in [3.8, 4) is 11.3 Å². The van der Waals surface area contributed by atoms with Crippen LogP contribution in [0.2, 0.25) is 0 Å². The number of aromatic nitrogens is 3. The summed E-state index contributed by atoms with van der Waals surface area (Å²) in [4.78, 5) is 0. The van der Waals surface area contributed by atoms with Crippen LogP contribution in [0.25, 0.3) is 11.3 Å². The van der Waals surface area contributed by atoms with Crippen molar-refractivity contribution in [3.63, 3.8) is 0 Å². The Balaban J connectivity index is 1.57. The first-order valence-electron chi connectivity index (χ1n) is 7.83. The minimum atomic E-state index is -0.293. The molecule has 1 aliphatic rings. The zero-order valence-corrected chi connectivity index (χ0v) is 12.8. The zero-order chi connectivity index (χ0) is 16.2. The van der Waals surface area contributed by atoms with Crippen LogP contribution < -0.4 is 5.73 Å². The van der Waals surface area contributed by atoms with E-state index in [9.17, 15) is 9.50 Å². The van der Waals surface area contributed by atoms with Crippen molar-refractivity contribution in [2.24, 2.45) is 5.73 Å². The first kappa shape index (κ1) is 16.0. The van der Waals surface area contributed by atoms with Crippen LogP contribution in [0.15, 0.2) is 30.5 Å². The molecule has 0 bridgehead atoms. The predicted molar refractivity (Wildman–Crippen MR) is 83.0 cm³/mol. The molecular weight excluding hydrogens is 299 g/mol. The van der Waals surface area contributed by atoms with Crippen LogP contribution in [-0.2, 0) is 11.3 Å². The second-order valence-electron chi connectivity index (χ2n) is 5.89. The molecule has 1 aliphatic heterocycles. The van der Waals surface area contributed by atoms with Crippen LogP contribution in [0.4, 0.5) is 4.39 Å². The maximum atomic E-state index is 13.3. The highest BCUT2D eigenvalue weighted by molar-refractivity contribution is 5.57. The second kappa shape index (κ2) is 7.16. The monoisotopic (exact) mass is 320 g/mol. The molecule has 124 valence electrons. The first-order valence-corrected chi connectivity index (χ1v) is 7.83. The van der Waals surface area contributed by atoms with Crippen molar-refractivity contribution >= 4 is 0 Å². The molecular formula is C16H21FN4O2. The summed E-state index contributed by atoms with van der Waals surface area (Å²) >= 11 is 0. The van der Waals surface area contributed by atoms with Gasteiger partial charge in [-0.05, 0) is 31.4 Å². The Morgan fingerprint density at radius 3 is 3.04 bits per heavy atom. The summed E-state index contributed by atoms with van der Waals surface area (Å²) < 4.78 is 20.8. The number of hydrogen-bond donors (Lipinski definition) is 2. The minimum absolute atomic E-state index is 0.0509. The van der Waals surface area contributed by atoms with E-state index >= 15 is 0 Å². The number of aliphatic hydroxyl groups excluding tert-OH is 1. The summed E-state index contributed by atoms with van der Waals surface area (Å²) in [5.74, 6) is -0.293. The summed E-state index contributed by atoms with van der Waals surface area (Å²) in [7, 11) is 0. The Morgan fingerprint density at radius 1 is 1.39 bits per heavy atom. The molecule has 1 saturated heterocycles. The minimum Gasteiger partial charge on any atom is -0.394 e. The van der Waals surface area contributed by atoms with Gasteiger partial charge in [0.15, 0.2) is 0 Å². The fourth-order valence-corrected chi connectivity index (χ4v) is 2.84. The van der Waals surface area contributed by atoms with Crippen LogP contribution in [-0.4, -0.2) is 45.0 Å². The molecule has 7 heteroatoms. The lowest BCUT2D eigenvalue weighted by atomic mass is 9.98. The van der Waals surface area contributed by atoms with Gasteiger partial charge in [-0.2, -0.15) is 0 Å². The van der Waals surface area contributed by atoms with E-state index < -0.39 is 0 Å². The number of aliphatic hydroxyl groups is 1. The van der Waals surface area contributed by atoms with Gasteiger partial charge < -0.3 is 15.6 Å². The second-order valence-corrected chi connectivity index (χ2v) is 5.89. The lowest BCUT2D eigenvalue weighted by molar-refractivity contribution is -0.0861. The van der Waals surface area contributed by atoms with Crippen molar-refractivity contribution < 1.29 is 14.2 Å². The molecule has 3 N–H and O–H groups in total. The average molecular weight is 320 g/mol. The van der Waals surface area contributed by atoms with Crippen LogP contribution in [0, 0.1) is 5.82 Å². The Labute approximate surface area is 134 Å². The van der Waals surface area contributed by atoms with Crippen molar-refractivity contribution in [2.45, 2.75) is 44.1 Å². The van der Waals surface area contributed by atoms with Gasteiger partial charge in [-0.25, -0.2) is 4.39 Å². The smallest absolute Gasteiger partial charge is 0.123 e. The highest BCUT2D eigenvalue weighted by Crippen LogP contribution is 2.21. The maximum Gasteiger partial charge on any atom is 0.123 e. The average Bonchev–Trinajstić information content (AvgIpc) is 3.03. The van der Waals surface area contributed by atoms with E-state index in [0.717, 1.165) is 19.3 Å². The predicted octanol–water partition coefficient (Wildman–Crippen LogP) is 1.34. The Kier molecular flexibility index (Phi) is 5.00. The molecule has 0 radical (unpaired) electrons. The highest BCUT2D eigenvalue weighted by atomic mass is 19.1. The molecule has 0 amide bonds. The summed E-state index contributed by atoms with van der Waals surface area (Å²) in [6, 6.07) is 6.19. The van der Waals surface area contributed by atoms with E-state index in [0.29, 0.717) is 17.8 Å². The SMILES string of the molecule is N[C@H]1CC[C@H](CCn2cc(-c3cccc(F)c3)nn2)O[C@@H]1CO. The third kappa shape index (κ3) is 3.93. The van der Waals surface area contributed by atoms with Crippen LogP contribution in [0.1, 0.15) is 19.3 Å². The molecule has 1 fully saturated rings. The molecule has 0 saturated carbocycles. The molecule has 2 heterocycles. The Morgan fingerprint density at radius 2 is 2.26 bits per heavy atom. The quantitative estimate of drug-likeness (QED) is 0.868. The van der Waals surface area contributed by atoms with Gasteiger partial charge in [0.1, 0.15) is 11.5 Å². The lowest BCUT2D eigenvalue weighted by Gasteiger charge is -2.33. The normalized spacial score (nSPS) is 24.7. The molecule has 1 aromatic carbocycles. The van der Waals surface area contributed by atoms with Crippen molar-refractivity contribution in [2.75, 3.05) is 6.61 Å². The van der Waals surface area contributed by atoms with Crippen molar-refractivity contribution in [3.05, 3.63) is 36.3 Å². The van der Waals surface area contributed by atoms with Gasteiger partial charge in [0, 0.05) is 18.2 Å². The largest absolute Gasteiger partial charge is 0.394 e. The number of benzene rings is 1. The van der Waals surface area contributed by atoms with E-state index in [4.69, 9.17) is 10.5 Å². The molecule has 3 atom stereocenters. The lowest BCUT2D eigenvalue weighted by Crippen LogP contribution is -2.46. The standard InChI is InChI=1S/C16H21FN4O2/c17-12-3-1-2-11(8-12)15-9-21(20-19-15)7-6-13-4-5-14(18)16(10-22)23-13/h1-3,8-9,13-14,16,22H,4-7,10,18H2/t13-,14+,16-/m1/s1. The van der Waals surface area contributed by atoms with Crippen molar-refractivity contribution in [1.29, 1.82) is 0 Å². The first-order chi connectivity index (χ1) is 11.2. The number of nitrogens with two attached hydrogens (primary N) is 1. The van der Waals surface area contributed by atoms with E-state index in [2.05, 4.69) is 10.3 Å². The number of rotatable bonds is 5. The number of halogens is 1. The van der Waals surface area contributed by atoms with Crippen LogP contribution in [0.3, 0.4) is 0 Å². The van der Waals surface area contributed by atoms with Gasteiger partial charge in [0.2, 0.25) is 0 Å². The molecule has 2 aromatic rings. The molecule has 0 spiro atoms. The molecule has 0 unspecified atom stereocenters. The fraction of sp³-hybridized carbons (Fsp3) is 0.500. The topological polar surface area (TPSA) is 86.2 Å². The van der Waals surface area contributed by atoms with E-state index in [-0.39, 0.29) is 30.7 Å². The van der Waals surface area contributed by atoms with Gasteiger partial charge >= 0.3 is 0 Å². The molecule has 6 nitrogen and oxygen atoms in total. The van der Waals surface area contributed by atoms with Crippen LogP contribution in [0.5, 0.6) is 0 Å². The Bertz CT molecular complexity index is 649. The van der Waals surface area contributed by atoms with E-state index in [1.165, 1.54) is 12.1 Å². The van der Waals surface area contributed by atoms with E-state index in [1.54, 1.807) is 23.0 Å². The van der Waals surface area contributed by atoms with Gasteiger partial charge in [0.05, 0.1) is 25.0 Å². The van der Waals surface area contributed by atoms with E-state index in [1.807, 2.05) is 0 Å². The van der Waals surface area contributed by atoms with Gasteiger partial charge in [-0.15, -0.1) is 5.10 Å². The summed E-state index contributed by atoms with van der Waals surface area (Å²) in [6.45, 7) is 0.602. The summed E-state index contributed by atoms with van der Waals surface area (Å²) in [6.07, 6.45) is 4.08. The summed E-state index contributed by atoms with van der Waals surface area (Å²) in [5, 5.41) is 17.4. The van der Waals surface area contributed by atoms with Gasteiger partial charge in [-0.1, -0.05) is 17.3 Å². The van der Waals surface area contributed by atoms with Crippen LogP contribution >= 0.6 is 0 Å². The molecule has 0 aliphatic carbocycles. The molecule has 3 rings (SSSR count). The third-order valence-electron chi connectivity index (χ3n) is 4.19. The van der Waals surface area contributed by atoms with Crippen molar-refractivity contribution in [1.82, 2.24) is 15.0 Å². The number of hydrogen-bond acceptors (Lipinski definition) is 5. The fourth-order valence-electron chi connectivity index (χ4n) is 2.84. The number of ether oxygens (including phenoxy) is 1. The molecule has 1 aromatic heterocycles.